The van der Waals surface area contributed by atoms with Crippen molar-refractivity contribution < 1.29 is 0 Å². The average Bonchev–Trinajstić information content (AvgIpc) is 3.05. The number of nitrogens with zero attached hydrogens (tertiary/aromatic N) is 6. The van der Waals surface area contributed by atoms with Gasteiger partial charge in [0.15, 0.2) is 0 Å². The van der Waals surface area contributed by atoms with Crippen LogP contribution in [0, 0.1) is 6.92 Å². The molecule has 128 valence electrons. The number of likely N-dealkylation sites (tertiary alicyclic amines) is 1. The van der Waals surface area contributed by atoms with Crippen LogP contribution in [0.2, 0.25) is 0 Å². The summed E-state index contributed by atoms with van der Waals surface area (Å²) in [6.45, 7) is 5.18. The molecule has 0 spiro atoms. The molecule has 2 aromatic rings. The standard InChI is InChI=1S/C18H26N6/c1-14-6-5-9-19-16(14)13-24-11-8-15(12-24)23(4)17-7-10-20-18(21-17)22(2)3/h5-7,9-10,15H,8,11-13H2,1-4H3. The fourth-order valence-electron chi connectivity index (χ4n) is 3.11. The summed E-state index contributed by atoms with van der Waals surface area (Å²) in [6.07, 6.45) is 4.85. The van der Waals surface area contributed by atoms with Gasteiger partial charge in [0.05, 0.1) is 5.69 Å². The summed E-state index contributed by atoms with van der Waals surface area (Å²) in [6, 6.07) is 6.58. The summed E-state index contributed by atoms with van der Waals surface area (Å²) in [5, 5.41) is 0. The van der Waals surface area contributed by atoms with E-state index in [1.807, 2.05) is 43.5 Å². The molecule has 1 aliphatic rings. The molecule has 0 N–H and O–H groups in total. The fraction of sp³-hybridized carbons (Fsp3) is 0.500. The zero-order valence-electron chi connectivity index (χ0n) is 15.0. The summed E-state index contributed by atoms with van der Waals surface area (Å²) in [4.78, 5) is 20.2. The lowest BCUT2D eigenvalue weighted by Crippen LogP contribution is -2.35. The van der Waals surface area contributed by atoms with E-state index in [1.54, 1.807) is 0 Å². The van der Waals surface area contributed by atoms with Crippen molar-refractivity contribution in [3.63, 3.8) is 0 Å². The first-order valence-corrected chi connectivity index (χ1v) is 8.40. The Bertz CT molecular complexity index is 687. The lowest BCUT2D eigenvalue weighted by molar-refractivity contribution is 0.321. The van der Waals surface area contributed by atoms with Crippen molar-refractivity contribution in [2.45, 2.75) is 25.9 Å². The van der Waals surface area contributed by atoms with Crippen LogP contribution in [0.1, 0.15) is 17.7 Å². The second-order valence-corrected chi connectivity index (χ2v) is 6.66. The van der Waals surface area contributed by atoms with Gasteiger partial charge in [-0.2, -0.15) is 4.98 Å². The monoisotopic (exact) mass is 326 g/mol. The molecule has 1 atom stereocenters. The third-order valence-electron chi connectivity index (χ3n) is 4.68. The molecular weight excluding hydrogens is 300 g/mol. The predicted molar refractivity (Wildman–Crippen MR) is 97.4 cm³/mol. The largest absolute Gasteiger partial charge is 0.355 e. The smallest absolute Gasteiger partial charge is 0.226 e. The van der Waals surface area contributed by atoms with Gasteiger partial charge in [0.2, 0.25) is 5.95 Å². The Labute approximate surface area is 144 Å². The number of anilines is 2. The van der Waals surface area contributed by atoms with E-state index < -0.39 is 0 Å². The van der Waals surface area contributed by atoms with E-state index in [4.69, 9.17) is 0 Å². The van der Waals surface area contributed by atoms with Crippen molar-refractivity contribution in [3.05, 3.63) is 41.9 Å². The SMILES string of the molecule is Cc1cccnc1CN1CCC(N(C)c2ccnc(N(C)C)n2)C1. The maximum atomic E-state index is 4.65. The van der Waals surface area contributed by atoms with Crippen LogP contribution in [0.3, 0.4) is 0 Å². The molecule has 1 unspecified atom stereocenters. The molecule has 1 fully saturated rings. The normalized spacial score (nSPS) is 17.9. The average molecular weight is 326 g/mol. The minimum absolute atomic E-state index is 0.471. The molecule has 2 aromatic heterocycles. The van der Waals surface area contributed by atoms with Gasteiger partial charge in [-0.05, 0) is 31.0 Å². The molecule has 0 bridgehead atoms. The first-order chi connectivity index (χ1) is 11.5. The number of likely N-dealkylation sites (N-methyl/N-ethyl adjacent to an activating group) is 1. The van der Waals surface area contributed by atoms with Crippen molar-refractivity contribution in [1.29, 1.82) is 0 Å². The van der Waals surface area contributed by atoms with Gasteiger partial charge in [0.25, 0.3) is 0 Å². The van der Waals surface area contributed by atoms with Crippen LogP contribution in [0.5, 0.6) is 0 Å². The van der Waals surface area contributed by atoms with Gasteiger partial charge >= 0.3 is 0 Å². The molecule has 24 heavy (non-hydrogen) atoms. The zero-order valence-corrected chi connectivity index (χ0v) is 15.0. The number of rotatable bonds is 5. The maximum Gasteiger partial charge on any atom is 0.226 e. The third kappa shape index (κ3) is 3.64. The molecule has 0 saturated carbocycles. The zero-order chi connectivity index (χ0) is 17.1. The molecule has 0 amide bonds. The maximum absolute atomic E-state index is 4.65. The molecule has 0 aliphatic carbocycles. The molecule has 0 radical (unpaired) electrons. The highest BCUT2D eigenvalue weighted by atomic mass is 15.3. The number of aryl methyl sites for hydroxylation is 1. The molecular formula is C18H26N6. The highest BCUT2D eigenvalue weighted by Gasteiger charge is 2.27. The van der Waals surface area contributed by atoms with Crippen LogP contribution in [-0.4, -0.2) is 60.1 Å². The fourth-order valence-corrected chi connectivity index (χ4v) is 3.11. The number of hydrogen-bond acceptors (Lipinski definition) is 6. The van der Waals surface area contributed by atoms with Crippen molar-refractivity contribution in [3.8, 4) is 0 Å². The van der Waals surface area contributed by atoms with Crippen LogP contribution < -0.4 is 9.80 Å². The Morgan fingerprint density at radius 1 is 1.17 bits per heavy atom. The van der Waals surface area contributed by atoms with E-state index in [9.17, 15) is 0 Å². The van der Waals surface area contributed by atoms with Crippen molar-refractivity contribution in [2.24, 2.45) is 0 Å². The van der Waals surface area contributed by atoms with E-state index in [2.05, 4.69) is 44.8 Å². The molecule has 1 aliphatic heterocycles. The topological polar surface area (TPSA) is 48.4 Å². The van der Waals surface area contributed by atoms with Gasteiger partial charge in [-0.3, -0.25) is 9.88 Å². The first kappa shape index (κ1) is 16.6. The van der Waals surface area contributed by atoms with E-state index >= 15 is 0 Å². The van der Waals surface area contributed by atoms with Crippen LogP contribution in [0.15, 0.2) is 30.6 Å². The number of aromatic nitrogens is 3. The number of pyridine rings is 1. The summed E-state index contributed by atoms with van der Waals surface area (Å²) >= 11 is 0. The van der Waals surface area contributed by atoms with E-state index in [0.717, 1.165) is 37.8 Å². The van der Waals surface area contributed by atoms with Crippen LogP contribution in [-0.2, 0) is 6.54 Å². The van der Waals surface area contributed by atoms with Gasteiger partial charge in [0.1, 0.15) is 5.82 Å². The van der Waals surface area contributed by atoms with Gasteiger partial charge in [-0.25, -0.2) is 4.98 Å². The van der Waals surface area contributed by atoms with Crippen LogP contribution >= 0.6 is 0 Å². The minimum atomic E-state index is 0.471. The Balaban J connectivity index is 1.65. The summed E-state index contributed by atoms with van der Waals surface area (Å²) in [5.74, 6) is 1.73. The Morgan fingerprint density at radius 3 is 2.75 bits per heavy atom. The second kappa shape index (κ2) is 7.13. The van der Waals surface area contributed by atoms with Crippen molar-refractivity contribution in [1.82, 2.24) is 19.9 Å². The van der Waals surface area contributed by atoms with Crippen LogP contribution in [0.25, 0.3) is 0 Å². The van der Waals surface area contributed by atoms with Gasteiger partial charge in [-0.15, -0.1) is 0 Å². The highest BCUT2D eigenvalue weighted by molar-refractivity contribution is 5.43. The van der Waals surface area contributed by atoms with Crippen molar-refractivity contribution in [2.75, 3.05) is 44.0 Å². The summed E-state index contributed by atoms with van der Waals surface area (Å²) in [5.41, 5.74) is 2.44. The molecule has 3 heterocycles. The number of hydrogen-bond donors (Lipinski definition) is 0. The molecule has 3 rings (SSSR count). The van der Waals surface area contributed by atoms with E-state index in [1.165, 1.54) is 11.3 Å². The second-order valence-electron chi connectivity index (χ2n) is 6.66. The van der Waals surface area contributed by atoms with Gasteiger partial charge in [-0.1, -0.05) is 6.07 Å². The van der Waals surface area contributed by atoms with Crippen molar-refractivity contribution >= 4 is 11.8 Å². The predicted octanol–water partition coefficient (Wildman–Crippen LogP) is 1.96. The first-order valence-electron chi connectivity index (χ1n) is 8.40. The molecule has 6 nitrogen and oxygen atoms in total. The Kier molecular flexibility index (Phi) is 4.94. The van der Waals surface area contributed by atoms with E-state index in [0.29, 0.717) is 6.04 Å². The van der Waals surface area contributed by atoms with Crippen LogP contribution in [0.4, 0.5) is 11.8 Å². The third-order valence-corrected chi connectivity index (χ3v) is 4.68. The highest BCUT2D eigenvalue weighted by Crippen LogP contribution is 2.22. The Hall–Kier alpha value is -2.21. The quantitative estimate of drug-likeness (QED) is 0.837. The van der Waals surface area contributed by atoms with Gasteiger partial charge < -0.3 is 9.80 Å². The molecule has 1 saturated heterocycles. The lowest BCUT2D eigenvalue weighted by atomic mass is 10.2. The summed E-state index contributed by atoms with van der Waals surface area (Å²) < 4.78 is 0. The lowest BCUT2D eigenvalue weighted by Gasteiger charge is -2.26. The van der Waals surface area contributed by atoms with Gasteiger partial charge in [0, 0.05) is 59.2 Å². The molecule has 0 aromatic carbocycles. The van der Waals surface area contributed by atoms with E-state index in [-0.39, 0.29) is 0 Å². The summed E-state index contributed by atoms with van der Waals surface area (Å²) in [7, 11) is 6.05. The Morgan fingerprint density at radius 2 is 2.00 bits per heavy atom. The molecule has 6 heteroatoms. The minimum Gasteiger partial charge on any atom is -0.355 e.